The van der Waals surface area contributed by atoms with E-state index in [1.807, 2.05) is 0 Å². The van der Waals surface area contributed by atoms with Crippen molar-refractivity contribution >= 4 is 23.2 Å². The lowest BCUT2D eigenvalue weighted by Gasteiger charge is -2.05. The van der Waals surface area contributed by atoms with Crippen LogP contribution in [0.3, 0.4) is 0 Å². The average molecular weight is 192 g/mol. The summed E-state index contributed by atoms with van der Waals surface area (Å²) in [6.45, 7) is 1.42. The van der Waals surface area contributed by atoms with Crippen molar-refractivity contribution in [1.82, 2.24) is 0 Å². The van der Waals surface area contributed by atoms with Gasteiger partial charge >= 0.3 is 0 Å². The van der Waals surface area contributed by atoms with Crippen LogP contribution in [-0.2, 0) is 4.79 Å². The molecule has 0 aliphatic carbocycles. The topological polar surface area (TPSA) is 93.5 Å². The summed E-state index contributed by atoms with van der Waals surface area (Å²) in [6, 6.07) is 7.01. The van der Waals surface area contributed by atoms with Crippen LogP contribution in [0.1, 0.15) is 6.92 Å². The van der Waals surface area contributed by atoms with Crippen molar-refractivity contribution in [1.29, 1.82) is 0 Å². The average Bonchev–Trinajstić information content (AvgIpc) is 2.06. The molecule has 0 radical (unpaired) electrons. The number of nitrogens with zero attached hydrogens (tertiary/aromatic N) is 1. The van der Waals surface area contributed by atoms with Crippen molar-refractivity contribution in [3.8, 4) is 0 Å². The second-order valence-corrected chi connectivity index (χ2v) is 2.74. The lowest BCUT2D eigenvalue weighted by molar-refractivity contribution is -0.114. The Kier molecular flexibility index (Phi) is 3.06. The van der Waals surface area contributed by atoms with Crippen LogP contribution < -0.4 is 16.8 Å². The highest BCUT2D eigenvalue weighted by molar-refractivity contribution is 5.93. The molecule has 5 N–H and O–H groups in total. The van der Waals surface area contributed by atoms with Crippen molar-refractivity contribution in [2.45, 2.75) is 6.92 Å². The molecule has 1 amide bonds. The quantitative estimate of drug-likeness (QED) is 0.471. The SMILES string of the molecule is CC(=O)Nc1ccccc1N=C(N)N. The largest absolute Gasteiger partial charge is 0.370 e. The number of hydrogen-bond acceptors (Lipinski definition) is 2. The van der Waals surface area contributed by atoms with Crippen molar-refractivity contribution in [3.63, 3.8) is 0 Å². The van der Waals surface area contributed by atoms with Crippen molar-refractivity contribution < 1.29 is 4.79 Å². The Morgan fingerprint density at radius 2 is 2.00 bits per heavy atom. The van der Waals surface area contributed by atoms with E-state index in [-0.39, 0.29) is 11.9 Å². The standard InChI is InChI=1S/C9H12N4O/c1-6(14)12-7-4-2-3-5-8(7)13-9(10)11/h2-5H,1H3,(H,12,14)(H4,10,11,13). The Balaban J connectivity index is 3.03. The first-order valence-electron chi connectivity index (χ1n) is 4.06. The van der Waals surface area contributed by atoms with E-state index in [1.165, 1.54) is 6.92 Å². The van der Waals surface area contributed by atoms with Crippen LogP contribution in [0.2, 0.25) is 0 Å². The number of carbonyl (C=O) groups excluding carboxylic acids is 1. The predicted octanol–water partition coefficient (Wildman–Crippen LogP) is 0.550. The lowest BCUT2D eigenvalue weighted by Crippen LogP contribution is -2.22. The van der Waals surface area contributed by atoms with Crippen molar-refractivity contribution in [3.05, 3.63) is 24.3 Å². The van der Waals surface area contributed by atoms with Gasteiger partial charge in [-0.1, -0.05) is 12.1 Å². The summed E-state index contributed by atoms with van der Waals surface area (Å²) in [7, 11) is 0. The monoisotopic (exact) mass is 192 g/mol. The molecule has 0 aliphatic rings. The summed E-state index contributed by atoms with van der Waals surface area (Å²) in [5.74, 6) is -0.203. The third-order valence-electron chi connectivity index (χ3n) is 1.46. The van der Waals surface area contributed by atoms with Gasteiger partial charge in [0.25, 0.3) is 0 Å². The highest BCUT2D eigenvalue weighted by Crippen LogP contribution is 2.23. The maximum atomic E-state index is 10.8. The molecule has 0 aliphatic heterocycles. The molecule has 0 aromatic heterocycles. The molecule has 1 aromatic rings. The number of amides is 1. The number of carbonyl (C=O) groups is 1. The molecule has 5 nitrogen and oxygen atoms in total. The van der Waals surface area contributed by atoms with Crippen LogP contribution in [0, 0.1) is 0 Å². The Morgan fingerprint density at radius 3 is 2.57 bits per heavy atom. The fraction of sp³-hybridized carbons (Fsp3) is 0.111. The summed E-state index contributed by atoms with van der Waals surface area (Å²) in [6.07, 6.45) is 0. The van der Waals surface area contributed by atoms with Gasteiger partial charge < -0.3 is 16.8 Å². The number of nitrogens with two attached hydrogens (primary N) is 2. The Morgan fingerprint density at radius 1 is 1.36 bits per heavy atom. The maximum absolute atomic E-state index is 10.8. The van der Waals surface area contributed by atoms with Crippen LogP contribution >= 0.6 is 0 Å². The Labute approximate surface area is 81.8 Å². The number of para-hydroxylation sites is 2. The molecule has 1 aromatic carbocycles. The highest BCUT2D eigenvalue weighted by atomic mass is 16.1. The number of hydrogen-bond donors (Lipinski definition) is 3. The molecule has 0 saturated carbocycles. The number of rotatable bonds is 2. The zero-order valence-electron chi connectivity index (χ0n) is 7.82. The molecule has 0 spiro atoms. The molecule has 1 rings (SSSR count). The van der Waals surface area contributed by atoms with Crippen molar-refractivity contribution in [2.75, 3.05) is 5.32 Å². The van der Waals surface area contributed by atoms with Crippen LogP contribution in [0.25, 0.3) is 0 Å². The molecule has 14 heavy (non-hydrogen) atoms. The van der Waals surface area contributed by atoms with E-state index < -0.39 is 0 Å². The summed E-state index contributed by atoms with van der Waals surface area (Å²) in [5.41, 5.74) is 11.6. The number of benzene rings is 1. The van der Waals surface area contributed by atoms with Gasteiger partial charge in [0.2, 0.25) is 5.91 Å². The van der Waals surface area contributed by atoms with E-state index in [0.717, 1.165) is 0 Å². The molecule has 0 unspecified atom stereocenters. The number of aliphatic imine (C=N–C) groups is 1. The van der Waals surface area contributed by atoms with Gasteiger partial charge in [0.1, 0.15) is 0 Å². The maximum Gasteiger partial charge on any atom is 0.221 e. The minimum atomic E-state index is -0.164. The van der Waals surface area contributed by atoms with E-state index >= 15 is 0 Å². The first kappa shape index (κ1) is 10.0. The number of anilines is 1. The molecule has 74 valence electrons. The van der Waals surface area contributed by atoms with E-state index in [9.17, 15) is 4.79 Å². The van der Waals surface area contributed by atoms with Gasteiger partial charge in [-0.15, -0.1) is 0 Å². The molecular weight excluding hydrogens is 180 g/mol. The molecular formula is C9H12N4O. The second-order valence-electron chi connectivity index (χ2n) is 2.74. The fourth-order valence-electron chi connectivity index (χ4n) is 1.01. The Bertz CT molecular complexity index is 369. The van der Waals surface area contributed by atoms with Gasteiger partial charge in [-0.2, -0.15) is 0 Å². The first-order chi connectivity index (χ1) is 6.59. The molecule has 5 heteroatoms. The Hall–Kier alpha value is -2.04. The smallest absolute Gasteiger partial charge is 0.221 e. The molecule has 0 bridgehead atoms. The van der Waals surface area contributed by atoms with Gasteiger partial charge in [0, 0.05) is 6.92 Å². The normalized spacial score (nSPS) is 9.21. The fourth-order valence-corrected chi connectivity index (χ4v) is 1.01. The van der Waals surface area contributed by atoms with Gasteiger partial charge in [0.05, 0.1) is 11.4 Å². The van der Waals surface area contributed by atoms with E-state index in [2.05, 4.69) is 10.3 Å². The minimum absolute atomic E-state index is 0.0391. The van der Waals surface area contributed by atoms with E-state index in [0.29, 0.717) is 11.4 Å². The second kappa shape index (κ2) is 4.27. The summed E-state index contributed by atoms with van der Waals surface area (Å²) < 4.78 is 0. The van der Waals surface area contributed by atoms with Gasteiger partial charge in [-0.25, -0.2) is 4.99 Å². The number of guanidine groups is 1. The third-order valence-corrected chi connectivity index (χ3v) is 1.46. The van der Waals surface area contributed by atoms with E-state index in [1.54, 1.807) is 24.3 Å². The van der Waals surface area contributed by atoms with Gasteiger partial charge in [-0.3, -0.25) is 4.79 Å². The van der Waals surface area contributed by atoms with Gasteiger partial charge in [-0.05, 0) is 12.1 Å². The highest BCUT2D eigenvalue weighted by Gasteiger charge is 2.01. The van der Waals surface area contributed by atoms with Crippen LogP contribution in [0.5, 0.6) is 0 Å². The third kappa shape index (κ3) is 2.78. The van der Waals surface area contributed by atoms with Crippen LogP contribution in [-0.4, -0.2) is 11.9 Å². The first-order valence-corrected chi connectivity index (χ1v) is 4.06. The summed E-state index contributed by atoms with van der Waals surface area (Å²) in [4.78, 5) is 14.7. The molecule has 0 saturated heterocycles. The van der Waals surface area contributed by atoms with Crippen LogP contribution in [0.15, 0.2) is 29.3 Å². The zero-order chi connectivity index (χ0) is 10.6. The molecule has 0 heterocycles. The number of nitrogens with one attached hydrogen (secondary N) is 1. The molecule has 0 atom stereocenters. The zero-order valence-corrected chi connectivity index (χ0v) is 7.82. The minimum Gasteiger partial charge on any atom is -0.370 e. The lowest BCUT2D eigenvalue weighted by atomic mass is 10.2. The van der Waals surface area contributed by atoms with Crippen molar-refractivity contribution in [2.24, 2.45) is 16.5 Å². The van der Waals surface area contributed by atoms with Gasteiger partial charge in [0.15, 0.2) is 5.96 Å². The molecule has 0 fully saturated rings. The van der Waals surface area contributed by atoms with Crippen LogP contribution in [0.4, 0.5) is 11.4 Å². The summed E-state index contributed by atoms with van der Waals surface area (Å²) >= 11 is 0. The summed E-state index contributed by atoms with van der Waals surface area (Å²) in [5, 5.41) is 2.62. The predicted molar refractivity (Wildman–Crippen MR) is 56.2 cm³/mol. The van der Waals surface area contributed by atoms with E-state index in [4.69, 9.17) is 11.5 Å².